The van der Waals surface area contributed by atoms with Crippen LogP contribution in [0.5, 0.6) is 0 Å². The van der Waals surface area contributed by atoms with Crippen LogP contribution in [0.1, 0.15) is 27.7 Å². The standard InChI is InChI=1S/C8H15F2IO3/c1-7(2,3)6(12)13-11(5)14-8(4,9)10/h1-5H3. The van der Waals surface area contributed by atoms with Crippen molar-refractivity contribution >= 4 is 26.6 Å². The van der Waals surface area contributed by atoms with Crippen molar-refractivity contribution in [3.05, 3.63) is 0 Å². The first-order valence-corrected chi connectivity index (χ1v) is 7.85. The molecule has 0 aliphatic rings. The third-order valence-corrected chi connectivity index (χ3v) is 3.45. The van der Waals surface area contributed by atoms with E-state index in [-0.39, 0.29) is 0 Å². The number of carbonyl (C=O) groups excluding carboxylic acids is 1. The zero-order chi connectivity index (χ0) is 11.6. The number of alkyl halides is 3. The molecular weight excluding hydrogens is 309 g/mol. The van der Waals surface area contributed by atoms with Crippen molar-refractivity contribution in [3.63, 3.8) is 0 Å². The molecule has 0 spiro atoms. The Bertz CT molecular complexity index is 208. The van der Waals surface area contributed by atoms with Gasteiger partial charge in [-0.3, -0.25) is 0 Å². The van der Waals surface area contributed by atoms with Crippen LogP contribution < -0.4 is 0 Å². The summed E-state index contributed by atoms with van der Waals surface area (Å²) in [4.78, 5) is 12.7. The van der Waals surface area contributed by atoms with E-state index in [9.17, 15) is 13.6 Å². The van der Waals surface area contributed by atoms with Gasteiger partial charge in [0.25, 0.3) is 0 Å². The summed E-state index contributed by atoms with van der Waals surface area (Å²) >= 11 is -2.76. The second-order valence-electron chi connectivity index (χ2n) is 3.87. The molecule has 6 heteroatoms. The first-order chi connectivity index (χ1) is 6.02. The van der Waals surface area contributed by atoms with E-state index >= 15 is 0 Å². The van der Waals surface area contributed by atoms with Gasteiger partial charge >= 0.3 is 90.5 Å². The third-order valence-electron chi connectivity index (χ3n) is 1.04. The number of halogens is 3. The minimum atomic E-state index is -3.22. The Labute approximate surface area is 90.6 Å². The summed E-state index contributed by atoms with van der Waals surface area (Å²) in [5.41, 5.74) is -0.682. The van der Waals surface area contributed by atoms with E-state index in [0.717, 1.165) is 0 Å². The molecule has 0 aromatic rings. The summed E-state index contributed by atoms with van der Waals surface area (Å²) in [6.45, 7) is 5.60. The van der Waals surface area contributed by atoms with Crippen LogP contribution in [-0.4, -0.2) is 17.0 Å². The predicted molar refractivity (Wildman–Crippen MR) is 57.2 cm³/mol. The maximum absolute atomic E-state index is 12.3. The molecular formula is C8H15F2IO3. The van der Waals surface area contributed by atoms with Gasteiger partial charge in [0.1, 0.15) is 0 Å². The van der Waals surface area contributed by atoms with E-state index in [1.165, 1.54) is 4.93 Å². The molecule has 86 valence electrons. The molecule has 0 aromatic carbocycles. The van der Waals surface area contributed by atoms with E-state index in [1.807, 2.05) is 0 Å². The number of rotatable bonds is 3. The van der Waals surface area contributed by atoms with Gasteiger partial charge in [-0.05, 0) is 0 Å². The van der Waals surface area contributed by atoms with E-state index in [4.69, 9.17) is 3.07 Å². The summed E-state index contributed by atoms with van der Waals surface area (Å²) in [5.74, 6) is -0.505. The normalized spacial score (nSPS) is 13.8. The monoisotopic (exact) mass is 324 g/mol. The fourth-order valence-electron chi connectivity index (χ4n) is 0.421. The topological polar surface area (TPSA) is 35.5 Å². The van der Waals surface area contributed by atoms with Gasteiger partial charge < -0.3 is 0 Å². The molecule has 0 aliphatic heterocycles. The van der Waals surface area contributed by atoms with Crippen LogP contribution in [0.4, 0.5) is 8.78 Å². The van der Waals surface area contributed by atoms with Gasteiger partial charge in [-0.1, -0.05) is 0 Å². The molecule has 0 atom stereocenters. The zero-order valence-electron chi connectivity index (χ0n) is 8.86. The van der Waals surface area contributed by atoms with Gasteiger partial charge in [-0.25, -0.2) is 0 Å². The number of hydrogen-bond donors (Lipinski definition) is 0. The first kappa shape index (κ1) is 14.0. The Morgan fingerprint density at radius 3 is 1.93 bits per heavy atom. The summed E-state index contributed by atoms with van der Waals surface area (Å²) < 4.78 is 33.8. The molecule has 0 fully saturated rings. The Morgan fingerprint density at radius 2 is 1.64 bits per heavy atom. The van der Waals surface area contributed by atoms with Crippen molar-refractivity contribution in [3.8, 4) is 0 Å². The minimum absolute atomic E-state index is 0.505. The van der Waals surface area contributed by atoms with Gasteiger partial charge in [-0.2, -0.15) is 0 Å². The predicted octanol–water partition coefficient (Wildman–Crippen LogP) is 3.17. The summed E-state index contributed by atoms with van der Waals surface area (Å²) in [6, 6.07) is 0. The van der Waals surface area contributed by atoms with Crippen LogP contribution in [0, 0.1) is 5.41 Å². The van der Waals surface area contributed by atoms with Crippen LogP contribution >= 0.6 is 20.6 Å². The van der Waals surface area contributed by atoms with Gasteiger partial charge in [0.15, 0.2) is 0 Å². The van der Waals surface area contributed by atoms with E-state index < -0.39 is 38.1 Å². The molecule has 0 aromatic heterocycles. The number of hydrogen-bond acceptors (Lipinski definition) is 3. The zero-order valence-corrected chi connectivity index (χ0v) is 11.0. The van der Waals surface area contributed by atoms with Gasteiger partial charge in [-0.15, -0.1) is 0 Å². The Morgan fingerprint density at radius 1 is 1.21 bits per heavy atom. The molecule has 0 saturated heterocycles. The van der Waals surface area contributed by atoms with E-state index in [1.54, 1.807) is 20.8 Å². The molecule has 0 heterocycles. The van der Waals surface area contributed by atoms with Crippen LogP contribution in [0.2, 0.25) is 0 Å². The van der Waals surface area contributed by atoms with Crippen molar-refractivity contribution in [2.45, 2.75) is 33.8 Å². The number of carbonyl (C=O) groups is 1. The van der Waals surface area contributed by atoms with Crippen LogP contribution in [0.25, 0.3) is 0 Å². The molecule has 0 bridgehead atoms. The second-order valence-corrected chi connectivity index (χ2v) is 6.87. The SMILES string of the molecule is CI(OC(=O)C(C)(C)C)OC(C)(F)F. The van der Waals surface area contributed by atoms with Crippen LogP contribution in [0.3, 0.4) is 0 Å². The second kappa shape index (κ2) is 4.69. The Balaban J connectivity index is 4.09. The molecule has 0 radical (unpaired) electrons. The molecule has 0 saturated carbocycles. The van der Waals surface area contributed by atoms with Crippen molar-refractivity contribution in [1.82, 2.24) is 0 Å². The van der Waals surface area contributed by atoms with E-state index in [2.05, 4.69) is 3.07 Å². The van der Waals surface area contributed by atoms with Crippen molar-refractivity contribution < 1.29 is 19.7 Å². The Kier molecular flexibility index (Phi) is 4.70. The molecule has 3 nitrogen and oxygen atoms in total. The molecule has 14 heavy (non-hydrogen) atoms. The fraction of sp³-hybridized carbons (Fsp3) is 0.875. The average molecular weight is 324 g/mol. The van der Waals surface area contributed by atoms with Crippen molar-refractivity contribution in [1.29, 1.82) is 0 Å². The third kappa shape index (κ3) is 6.47. The van der Waals surface area contributed by atoms with E-state index in [0.29, 0.717) is 6.92 Å². The molecule has 0 unspecified atom stereocenters. The quantitative estimate of drug-likeness (QED) is 0.591. The summed E-state index contributed by atoms with van der Waals surface area (Å²) in [6.07, 6.45) is -3.22. The molecule has 0 amide bonds. The van der Waals surface area contributed by atoms with Gasteiger partial charge in [0.05, 0.1) is 0 Å². The molecule has 0 rings (SSSR count). The van der Waals surface area contributed by atoms with Crippen molar-refractivity contribution in [2.75, 3.05) is 4.93 Å². The fourth-order valence-corrected chi connectivity index (χ4v) is 2.82. The maximum atomic E-state index is 12.3. The van der Waals surface area contributed by atoms with Crippen LogP contribution in [-0.2, 0) is 10.9 Å². The first-order valence-electron chi connectivity index (χ1n) is 3.93. The van der Waals surface area contributed by atoms with Crippen molar-refractivity contribution in [2.24, 2.45) is 5.41 Å². The van der Waals surface area contributed by atoms with Gasteiger partial charge in [0.2, 0.25) is 0 Å². The summed E-state index contributed by atoms with van der Waals surface area (Å²) in [5, 5.41) is 0. The summed E-state index contributed by atoms with van der Waals surface area (Å²) in [7, 11) is 0. The average Bonchev–Trinajstić information content (AvgIpc) is 1.79. The molecule has 0 N–H and O–H groups in total. The molecule has 0 aliphatic carbocycles. The van der Waals surface area contributed by atoms with Gasteiger partial charge in [0, 0.05) is 0 Å². The van der Waals surface area contributed by atoms with Crippen LogP contribution in [0.15, 0.2) is 0 Å². The Hall–Kier alpha value is 0.0200.